The van der Waals surface area contributed by atoms with Crippen molar-refractivity contribution in [2.45, 2.75) is 38.8 Å². The zero-order valence-electron chi connectivity index (χ0n) is 12.8. The van der Waals surface area contributed by atoms with Crippen LogP contribution in [0.15, 0.2) is 18.2 Å². The molecule has 1 aromatic carbocycles. The predicted octanol–water partition coefficient (Wildman–Crippen LogP) is 3.18. The van der Waals surface area contributed by atoms with Crippen LogP contribution in [0.4, 0.5) is 5.69 Å². The number of hydrogen-bond donors (Lipinski definition) is 1. The molecule has 1 saturated carbocycles. The van der Waals surface area contributed by atoms with Crippen molar-refractivity contribution in [3.8, 4) is 11.8 Å². The number of para-hydroxylation sites is 1. The van der Waals surface area contributed by atoms with E-state index in [2.05, 4.69) is 25.2 Å². The van der Waals surface area contributed by atoms with Gasteiger partial charge in [-0.1, -0.05) is 19.9 Å². The first kappa shape index (κ1) is 14.2. The summed E-state index contributed by atoms with van der Waals surface area (Å²) in [5.41, 5.74) is 1.51. The maximum Gasteiger partial charge on any atom is 0.143 e. The van der Waals surface area contributed by atoms with Gasteiger partial charge in [-0.25, -0.2) is 0 Å². The van der Waals surface area contributed by atoms with Crippen molar-refractivity contribution >= 4 is 5.69 Å². The largest absolute Gasteiger partial charge is 0.495 e. The second-order valence-electron chi connectivity index (χ2n) is 6.54. The van der Waals surface area contributed by atoms with E-state index < -0.39 is 0 Å². The first-order valence-electron chi connectivity index (χ1n) is 7.55. The number of anilines is 1. The molecule has 1 aliphatic heterocycles. The molecule has 112 valence electrons. The van der Waals surface area contributed by atoms with E-state index in [9.17, 15) is 5.26 Å². The standard InChI is InChI=1S/C17H22N2O2/c1-17(2)15(12-7-5-9-21-16(12)17)19-14-11(10-18)6-4-8-13(14)20-3/h4,6,8,12,15-16,19H,5,7,9H2,1-3H3. The van der Waals surface area contributed by atoms with Crippen LogP contribution >= 0.6 is 0 Å². The Kier molecular flexibility index (Phi) is 3.54. The van der Waals surface area contributed by atoms with Crippen molar-refractivity contribution in [2.24, 2.45) is 11.3 Å². The molecule has 0 spiro atoms. The van der Waals surface area contributed by atoms with Crippen LogP contribution in [0.25, 0.3) is 0 Å². The minimum atomic E-state index is 0.0681. The minimum absolute atomic E-state index is 0.0681. The Morgan fingerprint density at radius 1 is 1.43 bits per heavy atom. The Balaban J connectivity index is 1.89. The fraction of sp³-hybridized carbons (Fsp3) is 0.588. The molecule has 4 heteroatoms. The summed E-state index contributed by atoms with van der Waals surface area (Å²) in [5, 5.41) is 12.9. The molecule has 1 aliphatic carbocycles. The van der Waals surface area contributed by atoms with Crippen LogP contribution in [0.5, 0.6) is 5.75 Å². The summed E-state index contributed by atoms with van der Waals surface area (Å²) in [4.78, 5) is 0. The summed E-state index contributed by atoms with van der Waals surface area (Å²) in [7, 11) is 1.64. The van der Waals surface area contributed by atoms with Gasteiger partial charge >= 0.3 is 0 Å². The predicted molar refractivity (Wildman–Crippen MR) is 81.4 cm³/mol. The third-order valence-corrected chi connectivity index (χ3v) is 5.00. The molecule has 1 saturated heterocycles. The van der Waals surface area contributed by atoms with Gasteiger partial charge in [-0.05, 0) is 25.0 Å². The number of nitriles is 1. The zero-order chi connectivity index (χ0) is 15.0. The Bertz CT molecular complexity index is 577. The van der Waals surface area contributed by atoms with Crippen molar-refractivity contribution in [3.05, 3.63) is 23.8 Å². The average Bonchev–Trinajstić information content (AvgIpc) is 2.52. The fourth-order valence-electron chi connectivity index (χ4n) is 3.91. The van der Waals surface area contributed by atoms with Crippen molar-refractivity contribution in [3.63, 3.8) is 0 Å². The molecule has 0 aromatic heterocycles. The molecule has 0 bridgehead atoms. The van der Waals surface area contributed by atoms with Gasteiger partial charge in [-0.15, -0.1) is 0 Å². The van der Waals surface area contributed by atoms with Crippen LogP contribution in [0.3, 0.4) is 0 Å². The van der Waals surface area contributed by atoms with E-state index in [1.165, 1.54) is 6.42 Å². The lowest BCUT2D eigenvalue weighted by molar-refractivity contribution is -0.177. The molecule has 2 aliphatic rings. The average molecular weight is 286 g/mol. The molecule has 1 aromatic rings. The molecular formula is C17H22N2O2. The number of nitrogens with zero attached hydrogens (tertiary/aromatic N) is 1. The number of fused-ring (bicyclic) bond motifs is 1. The van der Waals surface area contributed by atoms with Crippen LogP contribution < -0.4 is 10.1 Å². The van der Waals surface area contributed by atoms with Gasteiger partial charge in [0, 0.05) is 24.0 Å². The Hall–Kier alpha value is -1.73. The highest BCUT2D eigenvalue weighted by molar-refractivity contribution is 5.67. The van der Waals surface area contributed by atoms with Crippen LogP contribution in [0.1, 0.15) is 32.3 Å². The van der Waals surface area contributed by atoms with Gasteiger partial charge in [-0.2, -0.15) is 5.26 Å². The zero-order valence-corrected chi connectivity index (χ0v) is 12.8. The minimum Gasteiger partial charge on any atom is -0.495 e. The highest BCUT2D eigenvalue weighted by atomic mass is 16.5. The van der Waals surface area contributed by atoms with Crippen LogP contribution in [0.2, 0.25) is 0 Å². The number of hydrogen-bond acceptors (Lipinski definition) is 4. The van der Waals surface area contributed by atoms with Gasteiger partial charge in [0.1, 0.15) is 11.8 Å². The van der Waals surface area contributed by atoms with Gasteiger partial charge in [-0.3, -0.25) is 0 Å². The smallest absolute Gasteiger partial charge is 0.143 e. The first-order chi connectivity index (χ1) is 10.1. The monoisotopic (exact) mass is 286 g/mol. The van der Waals surface area contributed by atoms with E-state index in [0.717, 1.165) is 24.5 Å². The van der Waals surface area contributed by atoms with E-state index in [4.69, 9.17) is 9.47 Å². The molecular weight excluding hydrogens is 264 g/mol. The second kappa shape index (κ2) is 5.23. The molecule has 21 heavy (non-hydrogen) atoms. The van der Waals surface area contributed by atoms with E-state index in [1.807, 2.05) is 18.2 Å². The van der Waals surface area contributed by atoms with E-state index in [0.29, 0.717) is 23.6 Å². The molecule has 0 radical (unpaired) electrons. The SMILES string of the molecule is COc1cccc(C#N)c1NC1C2CCCOC2C1(C)C. The van der Waals surface area contributed by atoms with Crippen molar-refractivity contribution in [1.29, 1.82) is 5.26 Å². The molecule has 1 heterocycles. The summed E-state index contributed by atoms with van der Waals surface area (Å²) in [5.74, 6) is 1.25. The number of rotatable bonds is 3. The van der Waals surface area contributed by atoms with Crippen LogP contribution in [-0.2, 0) is 4.74 Å². The molecule has 0 amide bonds. The highest BCUT2D eigenvalue weighted by Crippen LogP contribution is 2.53. The molecule has 3 rings (SSSR count). The quantitative estimate of drug-likeness (QED) is 0.927. The van der Waals surface area contributed by atoms with Gasteiger partial charge in [0.05, 0.1) is 24.5 Å². The lowest BCUT2D eigenvalue weighted by Crippen LogP contribution is -2.67. The van der Waals surface area contributed by atoms with Crippen molar-refractivity contribution in [1.82, 2.24) is 0 Å². The number of nitrogens with one attached hydrogen (secondary N) is 1. The second-order valence-corrected chi connectivity index (χ2v) is 6.54. The van der Waals surface area contributed by atoms with Gasteiger partial charge in [0.25, 0.3) is 0 Å². The summed E-state index contributed by atoms with van der Waals surface area (Å²) in [6, 6.07) is 8.13. The Morgan fingerprint density at radius 3 is 2.95 bits per heavy atom. The molecule has 4 nitrogen and oxygen atoms in total. The summed E-state index contributed by atoms with van der Waals surface area (Å²) in [6.07, 6.45) is 2.62. The summed E-state index contributed by atoms with van der Waals surface area (Å²) >= 11 is 0. The Labute approximate surface area is 126 Å². The number of benzene rings is 1. The third kappa shape index (κ3) is 2.16. The van der Waals surface area contributed by atoms with Gasteiger partial charge in [0.15, 0.2) is 0 Å². The van der Waals surface area contributed by atoms with Gasteiger partial charge in [0.2, 0.25) is 0 Å². The lowest BCUT2D eigenvalue weighted by atomic mass is 9.55. The molecule has 1 N–H and O–H groups in total. The first-order valence-corrected chi connectivity index (χ1v) is 7.55. The number of ether oxygens (including phenoxy) is 2. The van der Waals surface area contributed by atoms with Crippen molar-refractivity contribution < 1.29 is 9.47 Å². The normalized spacial score (nSPS) is 29.7. The van der Waals surface area contributed by atoms with E-state index in [-0.39, 0.29) is 5.41 Å². The topological polar surface area (TPSA) is 54.3 Å². The van der Waals surface area contributed by atoms with E-state index in [1.54, 1.807) is 7.11 Å². The highest BCUT2D eigenvalue weighted by Gasteiger charge is 2.58. The van der Waals surface area contributed by atoms with Crippen molar-refractivity contribution in [2.75, 3.05) is 19.0 Å². The summed E-state index contributed by atoms with van der Waals surface area (Å²) < 4.78 is 11.4. The fourth-order valence-corrected chi connectivity index (χ4v) is 3.91. The molecule has 3 unspecified atom stereocenters. The molecule has 2 fully saturated rings. The Morgan fingerprint density at radius 2 is 2.24 bits per heavy atom. The van der Waals surface area contributed by atoms with Gasteiger partial charge < -0.3 is 14.8 Å². The van der Waals surface area contributed by atoms with E-state index >= 15 is 0 Å². The lowest BCUT2D eigenvalue weighted by Gasteiger charge is -2.60. The maximum absolute atomic E-state index is 9.33. The number of methoxy groups -OCH3 is 1. The summed E-state index contributed by atoms with van der Waals surface area (Å²) in [6.45, 7) is 5.34. The van der Waals surface area contributed by atoms with Crippen LogP contribution in [0, 0.1) is 22.7 Å². The van der Waals surface area contributed by atoms with Crippen LogP contribution in [-0.4, -0.2) is 25.9 Å². The third-order valence-electron chi connectivity index (χ3n) is 5.00. The maximum atomic E-state index is 9.33. The molecule has 3 atom stereocenters.